The van der Waals surface area contributed by atoms with Gasteiger partial charge in [0.15, 0.2) is 0 Å². The quantitative estimate of drug-likeness (QED) is 0.920. The lowest BCUT2D eigenvalue weighted by molar-refractivity contribution is -0.135. The monoisotopic (exact) mass is 339 g/mol. The van der Waals surface area contributed by atoms with Gasteiger partial charge in [-0.2, -0.15) is 0 Å². The van der Waals surface area contributed by atoms with E-state index in [9.17, 15) is 4.79 Å². The number of aryl methyl sites for hydroxylation is 1. The SMILES string of the molecule is Cc1ncsc1CN(C)C(=O)C1CCCC(N)C1.Cl.Cl. The van der Waals surface area contributed by atoms with Crippen molar-refractivity contribution < 1.29 is 4.79 Å². The van der Waals surface area contributed by atoms with Crippen LogP contribution < -0.4 is 5.73 Å². The molecule has 0 radical (unpaired) electrons. The number of carbonyl (C=O) groups excluding carboxylic acids is 1. The molecule has 7 heteroatoms. The van der Waals surface area contributed by atoms with Crippen molar-refractivity contribution in [2.45, 2.75) is 45.2 Å². The summed E-state index contributed by atoms with van der Waals surface area (Å²) in [7, 11) is 1.88. The van der Waals surface area contributed by atoms with Crippen molar-refractivity contribution in [1.29, 1.82) is 0 Å². The number of thiazole rings is 1. The molecule has 0 aromatic carbocycles. The van der Waals surface area contributed by atoms with Crippen LogP contribution in [0.5, 0.6) is 0 Å². The highest BCUT2D eigenvalue weighted by Crippen LogP contribution is 2.25. The number of aromatic nitrogens is 1. The van der Waals surface area contributed by atoms with E-state index in [2.05, 4.69) is 4.98 Å². The molecule has 116 valence electrons. The largest absolute Gasteiger partial charge is 0.340 e. The minimum absolute atomic E-state index is 0. The number of halogens is 2. The number of amides is 1. The Morgan fingerprint density at radius 2 is 2.20 bits per heavy atom. The maximum atomic E-state index is 12.3. The zero-order valence-corrected chi connectivity index (χ0v) is 14.3. The van der Waals surface area contributed by atoms with Gasteiger partial charge in [0.05, 0.1) is 17.7 Å². The molecule has 2 N–H and O–H groups in total. The number of hydrogen-bond donors (Lipinski definition) is 1. The topological polar surface area (TPSA) is 59.2 Å². The van der Waals surface area contributed by atoms with Crippen LogP contribution in [0.2, 0.25) is 0 Å². The average molecular weight is 340 g/mol. The fraction of sp³-hybridized carbons (Fsp3) is 0.692. The van der Waals surface area contributed by atoms with Crippen LogP contribution >= 0.6 is 36.2 Å². The van der Waals surface area contributed by atoms with Crippen molar-refractivity contribution in [3.8, 4) is 0 Å². The minimum atomic E-state index is 0. The Morgan fingerprint density at radius 1 is 1.50 bits per heavy atom. The lowest BCUT2D eigenvalue weighted by Gasteiger charge is -2.29. The van der Waals surface area contributed by atoms with Gasteiger partial charge >= 0.3 is 0 Å². The van der Waals surface area contributed by atoms with Crippen LogP contribution in [0, 0.1) is 12.8 Å². The standard InChI is InChI=1S/C13H21N3OS.2ClH/c1-9-12(18-8-15-9)7-16(2)13(17)10-4-3-5-11(14)6-10;;/h8,10-11H,3-7,14H2,1-2H3;2*1H. The first-order valence-corrected chi connectivity index (χ1v) is 7.35. The Hall–Kier alpha value is -0.360. The van der Waals surface area contributed by atoms with Gasteiger partial charge in [0.2, 0.25) is 5.91 Å². The maximum absolute atomic E-state index is 12.3. The molecule has 1 aromatic heterocycles. The van der Waals surface area contributed by atoms with Crippen LogP contribution in [0.4, 0.5) is 0 Å². The van der Waals surface area contributed by atoms with Gasteiger partial charge in [0.25, 0.3) is 0 Å². The molecule has 1 heterocycles. The molecule has 1 aromatic rings. The first-order valence-electron chi connectivity index (χ1n) is 6.47. The van der Waals surface area contributed by atoms with E-state index < -0.39 is 0 Å². The number of rotatable bonds is 3. The van der Waals surface area contributed by atoms with Crippen LogP contribution in [0.25, 0.3) is 0 Å². The molecule has 0 aliphatic heterocycles. The molecule has 0 spiro atoms. The molecule has 2 atom stereocenters. The third-order valence-electron chi connectivity index (χ3n) is 3.67. The van der Waals surface area contributed by atoms with E-state index in [1.54, 1.807) is 11.3 Å². The van der Waals surface area contributed by atoms with E-state index in [1.807, 2.05) is 24.4 Å². The van der Waals surface area contributed by atoms with Gasteiger partial charge in [-0.3, -0.25) is 4.79 Å². The van der Waals surface area contributed by atoms with Gasteiger partial charge < -0.3 is 10.6 Å². The fourth-order valence-corrected chi connectivity index (χ4v) is 3.36. The molecule has 1 saturated carbocycles. The Morgan fingerprint density at radius 3 is 2.75 bits per heavy atom. The zero-order valence-electron chi connectivity index (χ0n) is 11.9. The Labute approximate surface area is 137 Å². The van der Waals surface area contributed by atoms with Crippen LogP contribution in [-0.2, 0) is 11.3 Å². The number of nitrogens with two attached hydrogens (primary N) is 1. The normalized spacial score (nSPS) is 21.6. The molecule has 2 unspecified atom stereocenters. The van der Waals surface area contributed by atoms with Crippen LogP contribution in [-0.4, -0.2) is 28.9 Å². The summed E-state index contributed by atoms with van der Waals surface area (Å²) in [5.41, 5.74) is 8.81. The average Bonchev–Trinajstić information content (AvgIpc) is 2.74. The van der Waals surface area contributed by atoms with Crippen molar-refractivity contribution in [3.63, 3.8) is 0 Å². The molecule has 0 saturated heterocycles. The molecule has 1 aliphatic carbocycles. The van der Waals surface area contributed by atoms with Crippen LogP contribution in [0.15, 0.2) is 5.51 Å². The molecule has 1 fully saturated rings. The van der Waals surface area contributed by atoms with Crippen molar-refractivity contribution in [2.24, 2.45) is 11.7 Å². The van der Waals surface area contributed by atoms with Crippen molar-refractivity contribution in [3.05, 3.63) is 16.1 Å². The second kappa shape index (κ2) is 8.82. The Kier molecular flexibility index (Phi) is 8.66. The van der Waals surface area contributed by atoms with E-state index in [4.69, 9.17) is 5.73 Å². The molecule has 1 aliphatic rings. The smallest absolute Gasteiger partial charge is 0.225 e. The van der Waals surface area contributed by atoms with E-state index in [-0.39, 0.29) is 42.7 Å². The van der Waals surface area contributed by atoms with Gasteiger partial charge in [0.1, 0.15) is 0 Å². The highest BCUT2D eigenvalue weighted by molar-refractivity contribution is 7.09. The molecular weight excluding hydrogens is 317 g/mol. The second-order valence-electron chi connectivity index (χ2n) is 5.18. The van der Waals surface area contributed by atoms with E-state index in [0.717, 1.165) is 31.4 Å². The van der Waals surface area contributed by atoms with Gasteiger partial charge in [-0.25, -0.2) is 4.98 Å². The molecular formula is C13H23Cl2N3OS. The summed E-state index contributed by atoms with van der Waals surface area (Å²) in [6, 6.07) is 0.200. The van der Waals surface area contributed by atoms with Gasteiger partial charge in [0, 0.05) is 23.9 Å². The summed E-state index contributed by atoms with van der Waals surface area (Å²) in [5, 5.41) is 0. The zero-order chi connectivity index (χ0) is 13.1. The van der Waals surface area contributed by atoms with E-state index >= 15 is 0 Å². The lowest BCUT2D eigenvalue weighted by atomic mass is 9.85. The fourth-order valence-electron chi connectivity index (χ4n) is 2.53. The number of carbonyl (C=O) groups is 1. The molecule has 0 bridgehead atoms. The number of hydrogen-bond acceptors (Lipinski definition) is 4. The summed E-state index contributed by atoms with van der Waals surface area (Å²) < 4.78 is 0. The lowest BCUT2D eigenvalue weighted by Crippen LogP contribution is -2.38. The highest BCUT2D eigenvalue weighted by Gasteiger charge is 2.27. The first-order chi connectivity index (χ1) is 8.58. The molecule has 1 amide bonds. The van der Waals surface area contributed by atoms with E-state index in [0.29, 0.717) is 6.54 Å². The Bertz CT molecular complexity index is 428. The van der Waals surface area contributed by atoms with Gasteiger partial charge in [-0.1, -0.05) is 6.42 Å². The Balaban J connectivity index is 0.00000180. The first kappa shape index (κ1) is 19.6. The summed E-state index contributed by atoms with van der Waals surface area (Å²) >= 11 is 1.61. The third kappa shape index (κ3) is 4.88. The second-order valence-corrected chi connectivity index (χ2v) is 6.12. The highest BCUT2D eigenvalue weighted by atomic mass is 35.5. The predicted octanol–water partition coefficient (Wildman–Crippen LogP) is 2.77. The van der Waals surface area contributed by atoms with Crippen LogP contribution in [0.3, 0.4) is 0 Å². The molecule has 20 heavy (non-hydrogen) atoms. The van der Waals surface area contributed by atoms with Crippen molar-refractivity contribution >= 4 is 42.1 Å². The predicted molar refractivity (Wildman–Crippen MR) is 87.8 cm³/mol. The molecule has 4 nitrogen and oxygen atoms in total. The summed E-state index contributed by atoms with van der Waals surface area (Å²) in [6.07, 6.45) is 3.95. The van der Waals surface area contributed by atoms with E-state index in [1.165, 1.54) is 4.88 Å². The van der Waals surface area contributed by atoms with Crippen molar-refractivity contribution in [2.75, 3.05) is 7.05 Å². The summed E-state index contributed by atoms with van der Waals surface area (Å²) in [4.78, 5) is 19.5. The van der Waals surface area contributed by atoms with Crippen LogP contribution in [0.1, 0.15) is 36.3 Å². The van der Waals surface area contributed by atoms with Gasteiger partial charge in [-0.15, -0.1) is 36.2 Å². The minimum Gasteiger partial charge on any atom is -0.340 e. The summed E-state index contributed by atoms with van der Waals surface area (Å²) in [6.45, 7) is 2.65. The maximum Gasteiger partial charge on any atom is 0.225 e. The van der Waals surface area contributed by atoms with Gasteiger partial charge in [-0.05, 0) is 26.2 Å². The van der Waals surface area contributed by atoms with Crippen molar-refractivity contribution in [1.82, 2.24) is 9.88 Å². The summed E-state index contributed by atoms with van der Waals surface area (Å²) in [5.74, 6) is 0.352. The third-order valence-corrected chi connectivity index (χ3v) is 4.59. The number of nitrogens with zero attached hydrogens (tertiary/aromatic N) is 2. The molecule has 2 rings (SSSR count).